The highest BCUT2D eigenvalue weighted by Crippen LogP contribution is 2.19. The predicted molar refractivity (Wildman–Crippen MR) is 75.8 cm³/mol. The third-order valence-electron chi connectivity index (χ3n) is 3.20. The van der Waals surface area contributed by atoms with Crippen molar-refractivity contribution in [3.8, 4) is 0 Å². The Morgan fingerprint density at radius 2 is 1.94 bits per heavy atom. The molecule has 1 atom stereocenters. The normalized spacial score (nSPS) is 12.2. The molecule has 1 aromatic carbocycles. The molecule has 0 N–H and O–H groups in total. The van der Waals surface area contributed by atoms with Gasteiger partial charge in [0.1, 0.15) is 0 Å². The second-order valence-corrected chi connectivity index (χ2v) is 5.15. The van der Waals surface area contributed by atoms with E-state index >= 15 is 0 Å². The van der Waals surface area contributed by atoms with Crippen molar-refractivity contribution in [3.63, 3.8) is 0 Å². The molecule has 0 aliphatic carbocycles. The maximum Gasteiger partial charge on any atom is 0.289 e. The van der Waals surface area contributed by atoms with Crippen LogP contribution in [0.15, 0.2) is 24.3 Å². The van der Waals surface area contributed by atoms with E-state index in [1.807, 2.05) is 0 Å². The summed E-state index contributed by atoms with van der Waals surface area (Å²) in [6.45, 7) is 5.19. The molecule has 0 fully saturated rings. The van der Waals surface area contributed by atoms with Gasteiger partial charge in [-0.05, 0) is 29.9 Å². The summed E-state index contributed by atoms with van der Waals surface area (Å²) in [5.74, 6) is 0.621. The summed E-state index contributed by atoms with van der Waals surface area (Å²) < 4.78 is 0. The zero-order valence-corrected chi connectivity index (χ0v) is 12.3. The SMILES string of the molecule is CCC(C)c1ccc(CCN(C)C(=O)Br)cc1. The first-order valence-corrected chi connectivity index (χ1v) is 6.83. The van der Waals surface area contributed by atoms with Crippen LogP contribution in [0.2, 0.25) is 0 Å². The van der Waals surface area contributed by atoms with Crippen molar-refractivity contribution < 1.29 is 4.79 Å². The van der Waals surface area contributed by atoms with Crippen LogP contribution in [0.3, 0.4) is 0 Å². The molecule has 0 aromatic heterocycles. The van der Waals surface area contributed by atoms with Crippen LogP contribution < -0.4 is 0 Å². The van der Waals surface area contributed by atoms with Gasteiger partial charge in [0.25, 0.3) is 4.82 Å². The molecule has 1 rings (SSSR count). The van der Waals surface area contributed by atoms with E-state index in [0.29, 0.717) is 5.92 Å². The fourth-order valence-corrected chi connectivity index (χ4v) is 1.81. The summed E-state index contributed by atoms with van der Waals surface area (Å²) in [5.41, 5.74) is 2.67. The van der Waals surface area contributed by atoms with Gasteiger partial charge >= 0.3 is 0 Å². The topological polar surface area (TPSA) is 20.3 Å². The Morgan fingerprint density at radius 1 is 1.35 bits per heavy atom. The minimum atomic E-state index is -0.0614. The molecule has 0 aliphatic rings. The Morgan fingerprint density at radius 3 is 2.41 bits per heavy atom. The monoisotopic (exact) mass is 297 g/mol. The predicted octanol–water partition coefficient (Wildman–Crippen LogP) is 4.19. The summed E-state index contributed by atoms with van der Waals surface area (Å²) in [6.07, 6.45) is 2.06. The second kappa shape index (κ2) is 6.80. The first-order valence-electron chi connectivity index (χ1n) is 6.04. The van der Waals surface area contributed by atoms with Gasteiger partial charge in [0, 0.05) is 29.5 Å². The molecule has 0 bridgehead atoms. The fourth-order valence-electron chi connectivity index (χ4n) is 1.63. The van der Waals surface area contributed by atoms with Gasteiger partial charge in [-0.3, -0.25) is 4.79 Å². The number of halogens is 1. The molecule has 1 amide bonds. The van der Waals surface area contributed by atoms with Crippen LogP contribution >= 0.6 is 15.9 Å². The molecule has 0 saturated carbocycles. The minimum absolute atomic E-state index is 0.0614. The Kier molecular flexibility index (Phi) is 5.69. The van der Waals surface area contributed by atoms with Gasteiger partial charge in [0.15, 0.2) is 0 Å². The van der Waals surface area contributed by atoms with Crippen LogP contribution in [-0.4, -0.2) is 23.3 Å². The van der Waals surface area contributed by atoms with Crippen LogP contribution in [0, 0.1) is 0 Å². The van der Waals surface area contributed by atoms with E-state index in [9.17, 15) is 4.79 Å². The smallest absolute Gasteiger partial charge is 0.289 e. The minimum Gasteiger partial charge on any atom is -0.336 e. The molecule has 0 saturated heterocycles. The summed E-state index contributed by atoms with van der Waals surface area (Å²) in [6, 6.07) is 8.71. The van der Waals surface area contributed by atoms with Crippen molar-refractivity contribution in [3.05, 3.63) is 35.4 Å². The number of carbonyl (C=O) groups excluding carboxylic acids is 1. The summed E-state index contributed by atoms with van der Waals surface area (Å²) in [7, 11) is 1.80. The Labute approximate surface area is 112 Å². The fraction of sp³-hybridized carbons (Fsp3) is 0.500. The van der Waals surface area contributed by atoms with Crippen molar-refractivity contribution >= 4 is 20.7 Å². The third kappa shape index (κ3) is 4.50. The largest absolute Gasteiger partial charge is 0.336 e. The lowest BCUT2D eigenvalue weighted by molar-refractivity contribution is 0.235. The van der Waals surface area contributed by atoms with Gasteiger partial charge in [-0.2, -0.15) is 0 Å². The number of hydrogen-bond acceptors (Lipinski definition) is 1. The van der Waals surface area contributed by atoms with Crippen molar-refractivity contribution in [2.24, 2.45) is 0 Å². The van der Waals surface area contributed by atoms with Crippen LogP contribution in [0.25, 0.3) is 0 Å². The standard InChI is InChI=1S/C14H20BrNO/c1-4-11(2)13-7-5-12(6-8-13)9-10-16(3)14(15)17/h5-8,11H,4,9-10H2,1-3H3. The van der Waals surface area contributed by atoms with Crippen molar-refractivity contribution in [1.82, 2.24) is 4.90 Å². The van der Waals surface area contributed by atoms with Crippen molar-refractivity contribution in [2.45, 2.75) is 32.6 Å². The molecule has 0 radical (unpaired) electrons. The number of benzene rings is 1. The number of carbonyl (C=O) groups is 1. The zero-order chi connectivity index (χ0) is 12.8. The zero-order valence-electron chi connectivity index (χ0n) is 10.7. The van der Waals surface area contributed by atoms with Crippen molar-refractivity contribution in [1.29, 1.82) is 0 Å². The summed E-state index contributed by atoms with van der Waals surface area (Å²) >= 11 is 2.94. The number of rotatable bonds is 5. The van der Waals surface area contributed by atoms with Crippen LogP contribution in [0.4, 0.5) is 4.79 Å². The molecule has 0 spiro atoms. The highest BCUT2D eigenvalue weighted by molar-refractivity contribution is 9.18. The van der Waals surface area contributed by atoms with E-state index in [-0.39, 0.29) is 4.82 Å². The van der Waals surface area contributed by atoms with Gasteiger partial charge in [0.05, 0.1) is 0 Å². The Hall–Kier alpha value is -0.830. The third-order valence-corrected chi connectivity index (χ3v) is 3.80. The average molecular weight is 298 g/mol. The molecule has 1 unspecified atom stereocenters. The lowest BCUT2D eigenvalue weighted by atomic mass is 9.97. The molecular weight excluding hydrogens is 278 g/mol. The number of likely N-dealkylation sites (N-methyl/N-ethyl adjacent to an activating group) is 1. The lowest BCUT2D eigenvalue weighted by Crippen LogP contribution is -2.23. The maximum atomic E-state index is 11.0. The first-order chi connectivity index (χ1) is 8.04. The molecule has 0 heterocycles. The number of amides is 1. The van der Waals surface area contributed by atoms with Gasteiger partial charge < -0.3 is 4.90 Å². The number of hydrogen-bond donors (Lipinski definition) is 0. The van der Waals surface area contributed by atoms with Gasteiger partial charge in [-0.1, -0.05) is 38.1 Å². The second-order valence-electron chi connectivity index (χ2n) is 4.48. The molecule has 94 valence electrons. The van der Waals surface area contributed by atoms with Crippen LogP contribution in [-0.2, 0) is 6.42 Å². The van der Waals surface area contributed by atoms with Gasteiger partial charge in [-0.15, -0.1) is 0 Å². The highest BCUT2D eigenvalue weighted by atomic mass is 79.9. The molecule has 0 aliphatic heterocycles. The van der Waals surface area contributed by atoms with Gasteiger partial charge in [-0.25, -0.2) is 0 Å². The van der Waals surface area contributed by atoms with E-state index in [4.69, 9.17) is 0 Å². The molecular formula is C14H20BrNO. The quantitative estimate of drug-likeness (QED) is 0.589. The van der Waals surface area contributed by atoms with E-state index in [1.54, 1.807) is 11.9 Å². The lowest BCUT2D eigenvalue weighted by Gasteiger charge is -2.14. The van der Waals surface area contributed by atoms with E-state index in [2.05, 4.69) is 54.0 Å². The molecule has 1 aromatic rings. The molecule has 2 nitrogen and oxygen atoms in total. The van der Waals surface area contributed by atoms with Crippen LogP contribution in [0.5, 0.6) is 0 Å². The highest BCUT2D eigenvalue weighted by Gasteiger charge is 2.05. The van der Waals surface area contributed by atoms with E-state index < -0.39 is 0 Å². The van der Waals surface area contributed by atoms with E-state index in [1.165, 1.54) is 17.5 Å². The van der Waals surface area contributed by atoms with Gasteiger partial charge in [0.2, 0.25) is 0 Å². The first kappa shape index (κ1) is 14.2. The summed E-state index contributed by atoms with van der Waals surface area (Å²) in [5, 5.41) is 0. The molecule has 3 heteroatoms. The number of nitrogens with zero attached hydrogens (tertiary/aromatic N) is 1. The summed E-state index contributed by atoms with van der Waals surface area (Å²) in [4.78, 5) is 12.6. The van der Waals surface area contributed by atoms with Crippen molar-refractivity contribution in [2.75, 3.05) is 13.6 Å². The molecule has 17 heavy (non-hydrogen) atoms. The van der Waals surface area contributed by atoms with E-state index in [0.717, 1.165) is 13.0 Å². The Bertz CT molecular complexity index is 361. The van der Waals surface area contributed by atoms with Crippen LogP contribution in [0.1, 0.15) is 37.3 Å². The maximum absolute atomic E-state index is 11.0. The Balaban J connectivity index is 2.54. The average Bonchev–Trinajstić information content (AvgIpc) is 2.35.